The van der Waals surface area contributed by atoms with Crippen LogP contribution in [0.5, 0.6) is 0 Å². The zero-order valence-corrected chi connectivity index (χ0v) is 14.1. The Morgan fingerprint density at radius 3 is 2.46 bits per heavy atom. The standard InChI is InChI=1S/C18H19N5O3/c24-15(25)18-11-22(16-19-7-4-8-20-16)9-13(18)10-23(12-18)17(26)21-14-5-2-1-3-6-14/h1-8,13H,9-12H2,(H,21,26)(H,24,25)/t13-,18-/m0/s1. The molecule has 134 valence electrons. The Morgan fingerprint density at radius 1 is 1.08 bits per heavy atom. The van der Waals surface area contributed by atoms with Crippen LogP contribution in [0.2, 0.25) is 0 Å². The van der Waals surface area contributed by atoms with Crippen LogP contribution in [-0.2, 0) is 4.79 Å². The minimum atomic E-state index is -0.993. The van der Waals surface area contributed by atoms with Crippen LogP contribution in [0.4, 0.5) is 16.4 Å². The van der Waals surface area contributed by atoms with Gasteiger partial charge in [0.05, 0.1) is 0 Å². The number of nitrogens with one attached hydrogen (secondary N) is 1. The first-order valence-corrected chi connectivity index (χ1v) is 8.45. The minimum absolute atomic E-state index is 0.162. The molecule has 0 bridgehead atoms. The second-order valence-electron chi connectivity index (χ2n) is 6.76. The molecule has 2 aliphatic rings. The fraction of sp³-hybridized carbons (Fsp3) is 0.333. The van der Waals surface area contributed by atoms with Crippen molar-refractivity contribution in [2.45, 2.75) is 0 Å². The number of aliphatic carboxylic acids is 1. The van der Waals surface area contributed by atoms with Gasteiger partial charge in [-0.15, -0.1) is 0 Å². The van der Waals surface area contributed by atoms with E-state index in [0.717, 1.165) is 0 Å². The summed E-state index contributed by atoms with van der Waals surface area (Å²) in [4.78, 5) is 36.5. The Labute approximate surface area is 150 Å². The molecule has 0 saturated carbocycles. The first-order valence-electron chi connectivity index (χ1n) is 8.45. The highest BCUT2D eigenvalue weighted by atomic mass is 16.4. The van der Waals surface area contributed by atoms with Gasteiger partial charge in [0, 0.05) is 50.2 Å². The number of carboxylic acid groups (broad SMARTS) is 1. The number of fused-ring (bicyclic) bond motifs is 1. The fourth-order valence-electron chi connectivity index (χ4n) is 3.85. The van der Waals surface area contributed by atoms with Crippen molar-refractivity contribution in [1.29, 1.82) is 0 Å². The molecule has 1 aromatic carbocycles. The molecule has 0 aliphatic carbocycles. The Kier molecular flexibility index (Phi) is 3.95. The summed E-state index contributed by atoms with van der Waals surface area (Å²) in [6.07, 6.45) is 3.28. The summed E-state index contributed by atoms with van der Waals surface area (Å²) >= 11 is 0. The van der Waals surface area contributed by atoms with Gasteiger partial charge in [-0.2, -0.15) is 0 Å². The van der Waals surface area contributed by atoms with Crippen LogP contribution in [0.3, 0.4) is 0 Å². The van der Waals surface area contributed by atoms with Crippen molar-refractivity contribution in [3.63, 3.8) is 0 Å². The van der Waals surface area contributed by atoms with Crippen LogP contribution in [0.1, 0.15) is 0 Å². The van der Waals surface area contributed by atoms with E-state index in [1.54, 1.807) is 35.5 Å². The lowest BCUT2D eigenvalue weighted by atomic mass is 9.81. The fourth-order valence-corrected chi connectivity index (χ4v) is 3.85. The molecular weight excluding hydrogens is 334 g/mol. The van der Waals surface area contributed by atoms with E-state index in [-0.39, 0.29) is 18.5 Å². The lowest BCUT2D eigenvalue weighted by Gasteiger charge is -2.25. The Hall–Kier alpha value is -3.16. The number of likely N-dealkylation sites (tertiary alicyclic amines) is 1. The first kappa shape index (κ1) is 16.3. The van der Waals surface area contributed by atoms with Gasteiger partial charge in [-0.25, -0.2) is 14.8 Å². The van der Waals surface area contributed by atoms with Gasteiger partial charge < -0.3 is 20.2 Å². The average molecular weight is 353 g/mol. The molecule has 2 saturated heterocycles. The van der Waals surface area contributed by atoms with Crippen LogP contribution in [0.15, 0.2) is 48.8 Å². The van der Waals surface area contributed by atoms with Crippen molar-refractivity contribution in [2.24, 2.45) is 11.3 Å². The van der Waals surface area contributed by atoms with E-state index in [9.17, 15) is 14.7 Å². The molecule has 8 nitrogen and oxygen atoms in total. The number of hydrogen-bond acceptors (Lipinski definition) is 5. The smallest absolute Gasteiger partial charge is 0.321 e. The number of nitrogens with zero attached hydrogens (tertiary/aromatic N) is 4. The number of para-hydroxylation sites is 1. The number of benzene rings is 1. The normalized spacial score (nSPS) is 24.4. The molecule has 0 unspecified atom stereocenters. The van der Waals surface area contributed by atoms with E-state index in [1.807, 2.05) is 23.1 Å². The molecular formula is C18H19N5O3. The number of urea groups is 1. The highest BCUT2D eigenvalue weighted by molar-refractivity contribution is 5.90. The van der Waals surface area contributed by atoms with Crippen molar-refractivity contribution in [2.75, 3.05) is 36.4 Å². The molecule has 4 rings (SSSR count). The number of amides is 2. The van der Waals surface area contributed by atoms with Crippen LogP contribution >= 0.6 is 0 Å². The summed E-state index contributed by atoms with van der Waals surface area (Å²) in [5.74, 6) is -0.510. The molecule has 2 aromatic rings. The van der Waals surface area contributed by atoms with E-state index in [4.69, 9.17) is 0 Å². The predicted molar refractivity (Wildman–Crippen MR) is 94.8 cm³/mol. The summed E-state index contributed by atoms with van der Waals surface area (Å²) in [6, 6.07) is 10.6. The minimum Gasteiger partial charge on any atom is -0.481 e. The molecule has 1 aromatic heterocycles. The van der Waals surface area contributed by atoms with Crippen molar-refractivity contribution >= 4 is 23.6 Å². The van der Waals surface area contributed by atoms with Crippen molar-refractivity contribution in [1.82, 2.24) is 14.9 Å². The lowest BCUT2D eigenvalue weighted by molar-refractivity contribution is -0.148. The highest BCUT2D eigenvalue weighted by Gasteiger charge is 2.59. The lowest BCUT2D eigenvalue weighted by Crippen LogP contribution is -2.43. The molecule has 0 radical (unpaired) electrons. The quantitative estimate of drug-likeness (QED) is 0.868. The SMILES string of the molecule is O=C(Nc1ccccc1)N1C[C@@H]2CN(c3ncccn3)C[C@]2(C(=O)O)C1. The van der Waals surface area contributed by atoms with Crippen molar-refractivity contribution < 1.29 is 14.7 Å². The molecule has 2 N–H and O–H groups in total. The van der Waals surface area contributed by atoms with Gasteiger partial charge >= 0.3 is 12.0 Å². The third-order valence-corrected chi connectivity index (χ3v) is 5.18. The van der Waals surface area contributed by atoms with Crippen molar-refractivity contribution in [3.05, 3.63) is 48.8 Å². The second-order valence-corrected chi connectivity index (χ2v) is 6.76. The molecule has 8 heteroatoms. The van der Waals surface area contributed by atoms with Gasteiger partial charge in [0.15, 0.2) is 0 Å². The summed E-state index contributed by atoms with van der Waals surface area (Å²) in [6.45, 7) is 1.39. The monoisotopic (exact) mass is 353 g/mol. The topological polar surface area (TPSA) is 98.7 Å². The number of hydrogen-bond donors (Lipinski definition) is 2. The van der Waals surface area contributed by atoms with Gasteiger partial charge in [0.2, 0.25) is 5.95 Å². The number of carbonyl (C=O) groups is 2. The first-order chi connectivity index (χ1) is 12.6. The number of anilines is 2. The summed E-state index contributed by atoms with van der Waals surface area (Å²) in [5, 5.41) is 12.7. The van der Waals surface area contributed by atoms with Crippen LogP contribution in [0, 0.1) is 11.3 Å². The number of rotatable bonds is 3. The molecule has 26 heavy (non-hydrogen) atoms. The maximum absolute atomic E-state index is 12.5. The van der Waals surface area contributed by atoms with Crippen molar-refractivity contribution in [3.8, 4) is 0 Å². The molecule has 2 atom stereocenters. The predicted octanol–water partition coefficient (Wildman–Crippen LogP) is 1.53. The van der Waals surface area contributed by atoms with Gasteiger partial charge in [-0.05, 0) is 18.2 Å². The van der Waals surface area contributed by atoms with Gasteiger partial charge in [0.25, 0.3) is 0 Å². The van der Waals surface area contributed by atoms with E-state index in [2.05, 4.69) is 15.3 Å². The van der Waals surface area contributed by atoms with E-state index < -0.39 is 11.4 Å². The molecule has 2 fully saturated rings. The Bertz CT molecular complexity index is 816. The highest BCUT2D eigenvalue weighted by Crippen LogP contribution is 2.43. The van der Waals surface area contributed by atoms with Crippen LogP contribution in [0.25, 0.3) is 0 Å². The van der Waals surface area contributed by atoms with E-state index in [0.29, 0.717) is 31.3 Å². The van der Waals surface area contributed by atoms with Gasteiger partial charge in [0.1, 0.15) is 5.41 Å². The number of carbonyl (C=O) groups excluding carboxylic acids is 1. The van der Waals surface area contributed by atoms with Crippen LogP contribution in [-0.4, -0.2) is 58.2 Å². The average Bonchev–Trinajstić information content (AvgIpc) is 3.19. The third kappa shape index (κ3) is 2.73. The molecule has 2 amide bonds. The van der Waals surface area contributed by atoms with Crippen LogP contribution < -0.4 is 10.2 Å². The van der Waals surface area contributed by atoms with Gasteiger partial charge in [-0.1, -0.05) is 18.2 Å². The summed E-state index contributed by atoms with van der Waals surface area (Å²) in [7, 11) is 0. The maximum Gasteiger partial charge on any atom is 0.321 e. The van der Waals surface area contributed by atoms with Gasteiger partial charge in [-0.3, -0.25) is 4.79 Å². The molecule has 0 spiro atoms. The molecule has 2 aliphatic heterocycles. The maximum atomic E-state index is 12.5. The number of aromatic nitrogens is 2. The summed E-state index contributed by atoms with van der Waals surface area (Å²) < 4.78 is 0. The molecule has 3 heterocycles. The zero-order chi connectivity index (χ0) is 18.1. The second kappa shape index (κ2) is 6.29. The van der Waals surface area contributed by atoms with E-state index in [1.165, 1.54) is 0 Å². The number of carboxylic acids is 1. The largest absolute Gasteiger partial charge is 0.481 e. The Balaban J connectivity index is 1.50. The summed E-state index contributed by atoms with van der Waals surface area (Å²) in [5.41, 5.74) is -0.300. The third-order valence-electron chi connectivity index (χ3n) is 5.18. The van der Waals surface area contributed by atoms with E-state index >= 15 is 0 Å². The zero-order valence-electron chi connectivity index (χ0n) is 14.1. The Morgan fingerprint density at radius 2 is 1.81 bits per heavy atom.